The summed E-state index contributed by atoms with van der Waals surface area (Å²) in [6, 6.07) is 4.63. The largest absolute Gasteiger partial charge is 0.396 e. The number of aliphatic hydroxyl groups is 1. The van der Waals surface area contributed by atoms with Gasteiger partial charge >= 0.3 is 0 Å². The first-order valence-corrected chi connectivity index (χ1v) is 5.97. The van der Waals surface area contributed by atoms with Crippen LogP contribution in [0.4, 0.5) is 4.39 Å². The molecule has 2 N–H and O–H groups in total. The Morgan fingerprint density at radius 1 is 1.50 bits per heavy atom. The zero-order valence-corrected chi connectivity index (χ0v) is 10.2. The highest BCUT2D eigenvalue weighted by atomic mass is 19.1. The second kappa shape index (κ2) is 5.31. The molecule has 0 spiro atoms. The van der Waals surface area contributed by atoms with Crippen molar-refractivity contribution in [2.24, 2.45) is 5.92 Å². The summed E-state index contributed by atoms with van der Waals surface area (Å²) in [6.07, 6.45) is 4.37. The third-order valence-corrected chi connectivity index (χ3v) is 3.16. The number of halogens is 1. The minimum atomic E-state index is -0.476. The lowest BCUT2D eigenvalue weighted by Crippen LogP contribution is -2.33. The first-order chi connectivity index (χ1) is 8.61. The first-order valence-electron chi connectivity index (χ1n) is 5.97. The van der Waals surface area contributed by atoms with Crippen LogP contribution in [0.1, 0.15) is 22.3 Å². The van der Waals surface area contributed by atoms with Crippen LogP contribution in [0.25, 0.3) is 0 Å². The molecule has 96 valence electrons. The van der Waals surface area contributed by atoms with Crippen molar-refractivity contribution in [2.45, 2.75) is 19.4 Å². The van der Waals surface area contributed by atoms with E-state index in [1.165, 1.54) is 6.07 Å². The van der Waals surface area contributed by atoms with E-state index in [4.69, 9.17) is 5.11 Å². The molecule has 1 amide bonds. The highest BCUT2D eigenvalue weighted by Gasteiger charge is 2.21. The quantitative estimate of drug-likeness (QED) is 0.802. The minimum Gasteiger partial charge on any atom is -0.396 e. The van der Waals surface area contributed by atoms with Crippen LogP contribution in [0.3, 0.4) is 0 Å². The van der Waals surface area contributed by atoms with E-state index in [2.05, 4.69) is 5.32 Å². The molecule has 0 fully saturated rings. The Bertz CT molecular complexity index is 485. The summed E-state index contributed by atoms with van der Waals surface area (Å²) in [4.78, 5) is 11.9. The maximum absolute atomic E-state index is 13.8. The Morgan fingerprint density at radius 2 is 2.28 bits per heavy atom. The summed E-state index contributed by atoms with van der Waals surface area (Å²) in [5, 5.41) is 11.7. The molecule has 0 bridgehead atoms. The summed E-state index contributed by atoms with van der Waals surface area (Å²) in [5.74, 6) is -0.808. The Morgan fingerprint density at radius 3 is 2.94 bits per heavy atom. The number of benzene rings is 1. The molecule has 18 heavy (non-hydrogen) atoms. The van der Waals surface area contributed by atoms with E-state index in [1.807, 2.05) is 12.2 Å². The summed E-state index contributed by atoms with van der Waals surface area (Å²) < 4.78 is 13.8. The van der Waals surface area contributed by atoms with Gasteiger partial charge in [0.25, 0.3) is 5.91 Å². The van der Waals surface area contributed by atoms with Crippen LogP contribution in [0.15, 0.2) is 30.4 Å². The second-order valence-corrected chi connectivity index (χ2v) is 4.58. The lowest BCUT2D eigenvalue weighted by Gasteiger charge is -2.13. The van der Waals surface area contributed by atoms with Crippen LogP contribution < -0.4 is 5.32 Å². The van der Waals surface area contributed by atoms with Gasteiger partial charge in [-0.05, 0) is 25.0 Å². The van der Waals surface area contributed by atoms with Gasteiger partial charge in [0.2, 0.25) is 0 Å². The number of aryl methyl sites for hydroxylation is 1. The van der Waals surface area contributed by atoms with Crippen LogP contribution in [0.2, 0.25) is 0 Å². The highest BCUT2D eigenvalue weighted by molar-refractivity contribution is 5.95. The van der Waals surface area contributed by atoms with Gasteiger partial charge in [-0.25, -0.2) is 4.39 Å². The fourth-order valence-corrected chi connectivity index (χ4v) is 2.09. The van der Waals surface area contributed by atoms with E-state index < -0.39 is 11.7 Å². The molecule has 0 aliphatic heterocycles. The van der Waals surface area contributed by atoms with Gasteiger partial charge in [-0.1, -0.05) is 24.3 Å². The lowest BCUT2D eigenvalue weighted by molar-refractivity contribution is 0.0937. The van der Waals surface area contributed by atoms with Crippen LogP contribution in [0.5, 0.6) is 0 Å². The Labute approximate surface area is 105 Å². The Kier molecular flexibility index (Phi) is 3.77. The predicted molar refractivity (Wildman–Crippen MR) is 66.7 cm³/mol. The molecule has 3 nitrogen and oxygen atoms in total. The number of amides is 1. The summed E-state index contributed by atoms with van der Waals surface area (Å²) in [7, 11) is 0. The van der Waals surface area contributed by atoms with Crippen LogP contribution in [-0.2, 0) is 0 Å². The average molecular weight is 249 g/mol. The third kappa shape index (κ3) is 2.59. The smallest absolute Gasteiger partial charge is 0.254 e. The third-order valence-electron chi connectivity index (χ3n) is 3.16. The minimum absolute atomic E-state index is 0.0656. The number of rotatable bonds is 3. The van der Waals surface area contributed by atoms with Crippen molar-refractivity contribution >= 4 is 5.91 Å². The molecule has 0 heterocycles. The second-order valence-electron chi connectivity index (χ2n) is 4.58. The fraction of sp³-hybridized carbons (Fsp3) is 0.357. The van der Waals surface area contributed by atoms with E-state index >= 15 is 0 Å². The van der Waals surface area contributed by atoms with Gasteiger partial charge in [-0.15, -0.1) is 0 Å². The van der Waals surface area contributed by atoms with Gasteiger partial charge in [0.1, 0.15) is 5.82 Å². The number of aliphatic hydroxyl groups excluding tert-OH is 1. The summed E-state index contributed by atoms with van der Waals surface area (Å²) >= 11 is 0. The zero-order valence-electron chi connectivity index (χ0n) is 10.2. The van der Waals surface area contributed by atoms with Gasteiger partial charge < -0.3 is 10.4 Å². The molecule has 2 rings (SSSR count). The normalized spacial score (nSPS) is 22.2. The number of nitrogens with one attached hydrogen (secondary N) is 1. The van der Waals surface area contributed by atoms with E-state index in [-0.39, 0.29) is 24.1 Å². The van der Waals surface area contributed by atoms with Gasteiger partial charge in [-0.2, -0.15) is 0 Å². The topological polar surface area (TPSA) is 49.3 Å². The van der Waals surface area contributed by atoms with Crippen LogP contribution in [-0.4, -0.2) is 23.7 Å². The molecule has 0 aromatic heterocycles. The zero-order chi connectivity index (χ0) is 13.1. The number of carbonyl (C=O) groups excluding carboxylic acids is 1. The standard InChI is InChI=1S/C14H16FNO2/c1-9-3-2-4-12(13(9)15)14(18)16-11-6-5-10(7-11)8-17/h2-6,10-11,17H,7-8H2,1H3,(H,16,18)/t10-,11+/m0/s1. The fourth-order valence-electron chi connectivity index (χ4n) is 2.09. The molecule has 2 atom stereocenters. The van der Waals surface area contributed by atoms with Crippen molar-refractivity contribution in [1.29, 1.82) is 0 Å². The summed E-state index contributed by atoms with van der Waals surface area (Å²) in [5.41, 5.74) is 0.522. The van der Waals surface area contributed by atoms with Crippen molar-refractivity contribution in [3.8, 4) is 0 Å². The molecule has 1 aliphatic carbocycles. The van der Waals surface area contributed by atoms with Crippen molar-refractivity contribution in [2.75, 3.05) is 6.61 Å². The Hall–Kier alpha value is -1.68. The molecule has 1 aliphatic rings. The molecular weight excluding hydrogens is 233 g/mol. The SMILES string of the molecule is Cc1cccc(C(=O)N[C@@H]2C=C[C@H](CO)C2)c1F. The molecule has 0 radical (unpaired) electrons. The monoisotopic (exact) mass is 249 g/mol. The molecular formula is C14H16FNO2. The van der Waals surface area contributed by atoms with Crippen molar-refractivity contribution in [3.63, 3.8) is 0 Å². The van der Waals surface area contributed by atoms with E-state index in [0.29, 0.717) is 12.0 Å². The van der Waals surface area contributed by atoms with Crippen molar-refractivity contribution in [3.05, 3.63) is 47.3 Å². The van der Waals surface area contributed by atoms with Crippen LogP contribution >= 0.6 is 0 Å². The Balaban J connectivity index is 2.05. The van der Waals surface area contributed by atoms with E-state index in [9.17, 15) is 9.18 Å². The average Bonchev–Trinajstić information content (AvgIpc) is 2.80. The molecule has 0 saturated carbocycles. The van der Waals surface area contributed by atoms with E-state index in [1.54, 1.807) is 19.1 Å². The van der Waals surface area contributed by atoms with Crippen molar-refractivity contribution in [1.82, 2.24) is 5.32 Å². The number of hydrogen-bond donors (Lipinski definition) is 2. The number of carbonyl (C=O) groups is 1. The maximum Gasteiger partial charge on any atom is 0.254 e. The van der Waals surface area contributed by atoms with Crippen molar-refractivity contribution < 1.29 is 14.3 Å². The molecule has 1 aromatic carbocycles. The lowest BCUT2D eigenvalue weighted by atomic mass is 10.1. The highest BCUT2D eigenvalue weighted by Crippen LogP contribution is 2.18. The van der Waals surface area contributed by atoms with Gasteiger partial charge in [0.05, 0.1) is 5.56 Å². The molecule has 1 aromatic rings. The predicted octanol–water partition coefficient (Wildman–Crippen LogP) is 1.80. The van der Waals surface area contributed by atoms with Gasteiger partial charge in [0, 0.05) is 18.6 Å². The van der Waals surface area contributed by atoms with Crippen LogP contribution in [0, 0.1) is 18.7 Å². The van der Waals surface area contributed by atoms with Gasteiger partial charge in [-0.3, -0.25) is 4.79 Å². The van der Waals surface area contributed by atoms with E-state index in [0.717, 1.165) is 0 Å². The molecule has 4 heteroatoms. The molecule has 0 unspecified atom stereocenters. The van der Waals surface area contributed by atoms with Gasteiger partial charge in [0.15, 0.2) is 0 Å². The maximum atomic E-state index is 13.8. The summed E-state index contributed by atoms with van der Waals surface area (Å²) in [6.45, 7) is 1.70. The molecule has 0 saturated heterocycles. The number of hydrogen-bond acceptors (Lipinski definition) is 2. The first kappa shape index (κ1) is 12.8.